The molecule has 20 heavy (non-hydrogen) atoms. The average Bonchev–Trinajstić information content (AvgIpc) is 2.37. The van der Waals surface area contributed by atoms with E-state index in [4.69, 9.17) is 0 Å². The van der Waals surface area contributed by atoms with Crippen LogP contribution in [-0.4, -0.2) is 18.7 Å². The van der Waals surface area contributed by atoms with Crippen molar-refractivity contribution in [2.75, 3.05) is 0 Å². The van der Waals surface area contributed by atoms with E-state index >= 15 is 0 Å². The average molecular weight is 406 g/mol. The number of nitro groups is 2. The highest BCUT2D eigenvalue weighted by molar-refractivity contribution is 9.25. The van der Waals surface area contributed by atoms with Crippen LogP contribution in [0.4, 0.5) is 0 Å². The molecule has 0 aromatic heterocycles. The molecule has 0 amide bonds. The van der Waals surface area contributed by atoms with Crippen LogP contribution in [0.1, 0.15) is 17.9 Å². The second kappa shape index (κ2) is 5.25. The van der Waals surface area contributed by atoms with E-state index < -0.39 is 18.7 Å². The molecular weight excluding hydrogens is 396 g/mol. The van der Waals surface area contributed by atoms with Crippen molar-refractivity contribution in [2.45, 2.75) is 21.2 Å². The number of alkyl halides is 2. The predicted molar refractivity (Wildman–Crippen MR) is 80.2 cm³/mol. The molecule has 6 nitrogen and oxygen atoms in total. The lowest BCUT2D eigenvalue weighted by Crippen LogP contribution is -2.51. The summed E-state index contributed by atoms with van der Waals surface area (Å²) < 4.78 is -0.948. The van der Waals surface area contributed by atoms with Crippen LogP contribution < -0.4 is 0 Å². The largest absolute Gasteiger partial charge is 0.479 e. The van der Waals surface area contributed by atoms with E-state index in [0.717, 1.165) is 11.6 Å². The van der Waals surface area contributed by atoms with Gasteiger partial charge in [-0.15, -0.1) is 0 Å². The summed E-state index contributed by atoms with van der Waals surface area (Å²) in [6.07, 6.45) is 2.29. The summed E-state index contributed by atoms with van der Waals surface area (Å²) in [7, 11) is 0. The minimum Gasteiger partial charge on any atom is -0.258 e. The van der Waals surface area contributed by atoms with Gasteiger partial charge in [0.05, 0.1) is 6.08 Å². The van der Waals surface area contributed by atoms with Gasteiger partial charge in [-0.3, -0.25) is 20.2 Å². The number of rotatable bonds is 3. The van der Waals surface area contributed by atoms with Gasteiger partial charge >= 0.3 is 5.66 Å². The lowest BCUT2D eigenvalue weighted by molar-refractivity contribution is -0.782. The molecule has 1 unspecified atom stereocenters. The first kappa shape index (κ1) is 15.1. The molecule has 0 aliphatic heterocycles. The van der Waals surface area contributed by atoms with E-state index in [1.807, 2.05) is 30.3 Å². The SMILES string of the molecule is O=[N+]([O-])C1([N+](=O)[O-])C=CC(c2ccccc2)C(Br)(Br)C1. The Labute approximate surface area is 131 Å². The minimum atomic E-state index is -2.31. The van der Waals surface area contributed by atoms with Gasteiger partial charge in [0.15, 0.2) is 0 Å². The fraction of sp³-hybridized carbons (Fsp3) is 0.333. The summed E-state index contributed by atoms with van der Waals surface area (Å²) in [5.41, 5.74) is -1.39. The standard InChI is InChI=1S/C12H10Br2N2O4/c13-12(14)8-11(15(17)18,16(19)20)7-6-10(12)9-4-2-1-3-5-9/h1-7,10H,8H2. The third-order valence-corrected chi connectivity index (χ3v) is 4.84. The molecule has 0 bridgehead atoms. The Morgan fingerprint density at radius 3 is 2.10 bits per heavy atom. The van der Waals surface area contributed by atoms with Gasteiger partial charge in [0.2, 0.25) is 0 Å². The first-order valence-corrected chi connectivity index (χ1v) is 7.29. The monoisotopic (exact) mass is 404 g/mol. The first-order chi connectivity index (χ1) is 9.29. The molecule has 1 aliphatic rings. The highest BCUT2D eigenvalue weighted by Gasteiger charge is 2.62. The van der Waals surface area contributed by atoms with E-state index in [9.17, 15) is 20.2 Å². The van der Waals surface area contributed by atoms with Crippen molar-refractivity contribution in [2.24, 2.45) is 0 Å². The Bertz CT molecular complexity index is 560. The van der Waals surface area contributed by atoms with E-state index in [2.05, 4.69) is 31.9 Å². The van der Waals surface area contributed by atoms with Crippen LogP contribution in [0.2, 0.25) is 0 Å². The normalized spacial score (nSPS) is 23.2. The van der Waals surface area contributed by atoms with Gasteiger partial charge in [-0.1, -0.05) is 68.3 Å². The number of hydrogen-bond donors (Lipinski definition) is 0. The van der Waals surface area contributed by atoms with Gasteiger partial charge in [-0.2, -0.15) is 0 Å². The predicted octanol–water partition coefficient (Wildman–Crippen LogP) is 3.47. The molecule has 106 valence electrons. The Kier molecular flexibility index (Phi) is 3.97. The third-order valence-electron chi connectivity index (χ3n) is 3.30. The van der Waals surface area contributed by atoms with E-state index in [1.54, 1.807) is 0 Å². The quantitative estimate of drug-likeness (QED) is 0.253. The lowest BCUT2D eigenvalue weighted by atomic mass is 9.84. The number of benzene rings is 1. The summed E-state index contributed by atoms with van der Waals surface area (Å²) in [6, 6.07) is 9.30. The van der Waals surface area contributed by atoms with Crippen molar-refractivity contribution in [3.05, 3.63) is 68.3 Å². The summed E-state index contributed by atoms with van der Waals surface area (Å²) >= 11 is 6.73. The fourth-order valence-electron chi connectivity index (χ4n) is 2.24. The second-order valence-corrected chi connectivity index (χ2v) is 8.47. The minimum absolute atomic E-state index is 0.239. The van der Waals surface area contributed by atoms with Crippen molar-refractivity contribution >= 4 is 31.9 Å². The van der Waals surface area contributed by atoms with E-state index in [1.165, 1.54) is 6.08 Å². The van der Waals surface area contributed by atoms with Crippen LogP contribution >= 0.6 is 31.9 Å². The summed E-state index contributed by atoms with van der Waals surface area (Å²) in [6.45, 7) is 0. The Hall–Kier alpha value is -1.28. The maximum Gasteiger partial charge on any atom is 0.479 e. The van der Waals surface area contributed by atoms with Crippen molar-refractivity contribution in [1.82, 2.24) is 0 Å². The molecule has 1 aliphatic carbocycles. The zero-order chi connectivity index (χ0) is 15.0. The van der Waals surface area contributed by atoms with Crippen molar-refractivity contribution in [3.63, 3.8) is 0 Å². The molecule has 0 fully saturated rings. The Balaban J connectivity index is 2.47. The van der Waals surface area contributed by atoms with Crippen LogP contribution in [0.25, 0.3) is 0 Å². The van der Waals surface area contributed by atoms with Gasteiger partial charge in [0, 0.05) is 5.92 Å². The van der Waals surface area contributed by atoms with Crippen molar-refractivity contribution < 1.29 is 9.85 Å². The molecule has 1 aromatic carbocycles. The van der Waals surface area contributed by atoms with Crippen LogP contribution in [0.15, 0.2) is 42.5 Å². The van der Waals surface area contributed by atoms with Gasteiger partial charge in [-0.05, 0) is 5.56 Å². The smallest absolute Gasteiger partial charge is 0.258 e. The maximum atomic E-state index is 11.1. The maximum absolute atomic E-state index is 11.1. The molecule has 0 saturated carbocycles. The highest BCUT2D eigenvalue weighted by Crippen LogP contribution is 2.51. The molecule has 0 spiro atoms. The molecule has 8 heteroatoms. The van der Waals surface area contributed by atoms with E-state index in [-0.39, 0.29) is 12.3 Å². The highest BCUT2D eigenvalue weighted by atomic mass is 79.9. The van der Waals surface area contributed by atoms with Crippen molar-refractivity contribution in [3.8, 4) is 0 Å². The van der Waals surface area contributed by atoms with Gasteiger partial charge in [0.1, 0.15) is 19.5 Å². The van der Waals surface area contributed by atoms with E-state index in [0.29, 0.717) is 0 Å². The molecular formula is C12H10Br2N2O4. The van der Waals surface area contributed by atoms with Gasteiger partial charge < -0.3 is 0 Å². The second-order valence-electron chi connectivity index (χ2n) is 4.58. The van der Waals surface area contributed by atoms with Crippen LogP contribution in [-0.2, 0) is 0 Å². The molecule has 2 rings (SSSR count). The van der Waals surface area contributed by atoms with Gasteiger partial charge in [-0.25, -0.2) is 0 Å². The number of halogens is 2. The Morgan fingerprint density at radius 2 is 1.65 bits per heavy atom. The molecule has 1 aromatic rings. The number of allylic oxidation sites excluding steroid dienone is 1. The molecule has 1 atom stereocenters. The topological polar surface area (TPSA) is 86.3 Å². The zero-order valence-electron chi connectivity index (χ0n) is 10.1. The van der Waals surface area contributed by atoms with Crippen molar-refractivity contribution in [1.29, 1.82) is 0 Å². The molecule has 0 N–H and O–H groups in total. The number of hydrogen-bond acceptors (Lipinski definition) is 4. The van der Waals surface area contributed by atoms with Crippen LogP contribution in [0.5, 0.6) is 0 Å². The molecule has 0 radical (unpaired) electrons. The number of nitrogens with zero attached hydrogens (tertiary/aromatic N) is 2. The summed E-state index contributed by atoms with van der Waals surface area (Å²) in [5.74, 6) is -0.239. The fourth-order valence-corrected chi connectivity index (χ4v) is 3.90. The van der Waals surface area contributed by atoms with Crippen LogP contribution in [0.3, 0.4) is 0 Å². The lowest BCUT2D eigenvalue weighted by Gasteiger charge is -2.33. The molecule has 0 heterocycles. The Morgan fingerprint density at radius 1 is 1.10 bits per heavy atom. The third kappa shape index (κ3) is 2.49. The summed E-state index contributed by atoms with van der Waals surface area (Å²) in [5, 5.41) is 22.2. The van der Waals surface area contributed by atoms with Gasteiger partial charge in [0.25, 0.3) is 0 Å². The molecule has 0 saturated heterocycles. The van der Waals surface area contributed by atoms with Crippen LogP contribution in [0, 0.1) is 20.2 Å². The zero-order valence-corrected chi connectivity index (χ0v) is 13.3. The summed E-state index contributed by atoms with van der Waals surface area (Å²) in [4.78, 5) is 20.5. The first-order valence-electron chi connectivity index (χ1n) is 5.71.